The lowest BCUT2D eigenvalue weighted by molar-refractivity contribution is -0.119. The molecular weight excluding hydrogens is 317 g/mol. The molecule has 110 valence electrons. The number of aromatic nitrogens is 2. The molecule has 2 N–H and O–H groups in total. The van der Waals surface area contributed by atoms with E-state index in [0.717, 1.165) is 0 Å². The predicted octanol–water partition coefficient (Wildman–Crippen LogP) is 3.09. The van der Waals surface area contributed by atoms with Gasteiger partial charge in [0.25, 0.3) is 0 Å². The van der Waals surface area contributed by atoms with Gasteiger partial charge in [-0.3, -0.25) is 9.48 Å². The highest BCUT2D eigenvalue weighted by atomic mass is 35.5. The average Bonchev–Trinajstić information content (AvgIpc) is 2.92. The van der Waals surface area contributed by atoms with E-state index in [1.165, 1.54) is 16.9 Å². The number of nitrogens with zero attached hydrogens (tertiary/aromatic N) is 2. The third-order valence-electron chi connectivity index (χ3n) is 2.81. The second-order valence-electron chi connectivity index (χ2n) is 4.25. The predicted molar refractivity (Wildman–Crippen MR) is 79.0 cm³/mol. The number of halogens is 2. The molecule has 1 aromatic carbocycles. The molecule has 8 heteroatoms. The van der Waals surface area contributed by atoms with Gasteiger partial charge >= 0.3 is 5.97 Å². The summed E-state index contributed by atoms with van der Waals surface area (Å²) in [7, 11) is 0. The van der Waals surface area contributed by atoms with Crippen molar-refractivity contribution in [2.45, 2.75) is 13.0 Å². The zero-order chi connectivity index (χ0) is 15.6. The average molecular weight is 328 g/mol. The van der Waals surface area contributed by atoms with Crippen LogP contribution in [0.25, 0.3) is 0 Å². The molecule has 0 saturated carbocycles. The van der Waals surface area contributed by atoms with E-state index in [9.17, 15) is 9.59 Å². The molecule has 0 saturated heterocycles. The normalized spacial score (nSPS) is 12.0. The first-order chi connectivity index (χ1) is 9.90. The number of benzene rings is 1. The summed E-state index contributed by atoms with van der Waals surface area (Å²) in [6.45, 7) is 1.58. The molecule has 1 amide bonds. The van der Waals surface area contributed by atoms with Crippen LogP contribution in [0.2, 0.25) is 10.0 Å². The van der Waals surface area contributed by atoms with E-state index >= 15 is 0 Å². The van der Waals surface area contributed by atoms with E-state index < -0.39 is 17.9 Å². The van der Waals surface area contributed by atoms with Crippen LogP contribution in [0.4, 0.5) is 5.69 Å². The summed E-state index contributed by atoms with van der Waals surface area (Å²) in [6, 6.07) is 5.46. The molecule has 0 unspecified atom stereocenters. The van der Waals surface area contributed by atoms with Gasteiger partial charge < -0.3 is 10.4 Å². The second kappa shape index (κ2) is 6.15. The summed E-state index contributed by atoms with van der Waals surface area (Å²) in [5.41, 5.74) is 0.175. The number of nitrogens with one attached hydrogen (secondary N) is 1. The van der Waals surface area contributed by atoms with Crippen LogP contribution in [0, 0.1) is 0 Å². The SMILES string of the molecule is C[C@H](C(=O)Nc1c(Cl)cccc1Cl)n1ccc(C(=O)O)n1. The first-order valence-corrected chi connectivity index (χ1v) is 6.69. The van der Waals surface area contributed by atoms with Crippen molar-refractivity contribution in [1.29, 1.82) is 0 Å². The van der Waals surface area contributed by atoms with Crippen LogP contribution in [-0.2, 0) is 4.79 Å². The number of carbonyl (C=O) groups is 2. The van der Waals surface area contributed by atoms with E-state index in [1.54, 1.807) is 25.1 Å². The molecule has 1 atom stereocenters. The minimum atomic E-state index is -1.16. The zero-order valence-electron chi connectivity index (χ0n) is 10.9. The minimum Gasteiger partial charge on any atom is -0.476 e. The molecule has 0 fully saturated rings. The maximum atomic E-state index is 12.2. The summed E-state index contributed by atoms with van der Waals surface area (Å²) in [5.74, 6) is -1.57. The molecule has 2 aromatic rings. The van der Waals surface area contributed by atoms with Crippen LogP contribution >= 0.6 is 23.2 Å². The van der Waals surface area contributed by atoms with Gasteiger partial charge in [0.15, 0.2) is 5.69 Å². The highest BCUT2D eigenvalue weighted by molar-refractivity contribution is 6.39. The molecule has 0 aliphatic rings. The van der Waals surface area contributed by atoms with Crippen LogP contribution in [0.15, 0.2) is 30.5 Å². The third-order valence-corrected chi connectivity index (χ3v) is 3.44. The lowest BCUT2D eigenvalue weighted by atomic mass is 10.2. The van der Waals surface area contributed by atoms with Crippen molar-refractivity contribution in [2.24, 2.45) is 0 Å². The molecule has 1 heterocycles. The van der Waals surface area contributed by atoms with Crippen LogP contribution < -0.4 is 5.32 Å². The fourth-order valence-corrected chi connectivity index (χ4v) is 2.12. The first kappa shape index (κ1) is 15.3. The van der Waals surface area contributed by atoms with Gasteiger partial charge in [-0.15, -0.1) is 0 Å². The molecule has 0 radical (unpaired) electrons. The summed E-state index contributed by atoms with van der Waals surface area (Å²) < 4.78 is 1.25. The Bertz CT molecular complexity index is 679. The van der Waals surface area contributed by atoms with Gasteiger partial charge in [-0.1, -0.05) is 29.3 Å². The molecule has 0 aliphatic carbocycles. The van der Waals surface area contributed by atoms with Crippen LogP contribution in [0.1, 0.15) is 23.5 Å². The van der Waals surface area contributed by atoms with Gasteiger partial charge in [0.1, 0.15) is 6.04 Å². The maximum absolute atomic E-state index is 12.2. The summed E-state index contributed by atoms with van der Waals surface area (Å²) in [5, 5.41) is 15.9. The summed E-state index contributed by atoms with van der Waals surface area (Å²) in [6.07, 6.45) is 1.42. The number of para-hydroxylation sites is 1. The van der Waals surface area contributed by atoms with E-state index in [2.05, 4.69) is 10.4 Å². The van der Waals surface area contributed by atoms with Crippen molar-refractivity contribution in [2.75, 3.05) is 5.32 Å². The first-order valence-electron chi connectivity index (χ1n) is 5.93. The standard InChI is InChI=1S/C13H11Cl2N3O3/c1-7(18-6-5-10(17-18)13(20)21)12(19)16-11-8(14)3-2-4-9(11)15/h2-7H,1H3,(H,16,19)(H,20,21)/t7-/m1/s1. The summed E-state index contributed by atoms with van der Waals surface area (Å²) >= 11 is 11.9. The molecule has 21 heavy (non-hydrogen) atoms. The Hall–Kier alpha value is -2.05. The second-order valence-corrected chi connectivity index (χ2v) is 5.06. The Labute approximate surface area is 130 Å². The van der Waals surface area contributed by atoms with Crippen molar-refractivity contribution in [3.8, 4) is 0 Å². The Balaban J connectivity index is 2.17. The lowest BCUT2D eigenvalue weighted by Crippen LogP contribution is -2.24. The van der Waals surface area contributed by atoms with E-state index in [0.29, 0.717) is 15.7 Å². The Morgan fingerprint density at radius 1 is 1.29 bits per heavy atom. The number of hydrogen-bond acceptors (Lipinski definition) is 3. The number of aromatic carboxylic acids is 1. The van der Waals surface area contributed by atoms with Gasteiger partial charge in [0.2, 0.25) is 5.91 Å². The quantitative estimate of drug-likeness (QED) is 0.903. The Morgan fingerprint density at radius 3 is 2.43 bits per heavy atom. The fraction of sp³-hybridized carbons (Fsp3) is 0.154. The number of carboxylic acids is 1. The zero-order valence-corrected chi connectivity index (χ0v) is 12.4. The van der Waals surface area contributed by atoms with Gasteiger partial charge in [-0.2, -0.15) is 5.10 Å². The van der Waals surface area contributed by atoms with Crippen LogP contribution in [0.3, 0.4) is 0 Å². The lowest BCUT2D eigenvalue weighted by Gasteiger charge is -2.14. The fourth-order valence-electron chi connectivity index (χ4n) is 1.63. The van der Waals surface area contributed by atoms with E-state index in [1.807, 2.05) is 0 Å². The van der Waals surface area contributed by atoms with E-state index in [4.69, 9.17) is 28.3 Å². The van der Waals surface area contributed by atoms with Gasteiger partial charge in [-0.25, -0.2) is 4.79 Å². The largest absolute Gasteiger partial charge is 0.476 e. The minimum absolute atomic E-state index is 0.134. The summed E-state index contributed by atoms with van der Waals surface area (Å²) in [4.78, 5) is 22.9. The smallest absolute Gasteiger partial charge is 0.356 e. The number of hydrogen-bond donors (Lipinski definition) is 2. The number of amides is 1. The van der Waals surface area contributed by atoms with Crippen LogP contribution in [-0.4, -0.2) is 26.8 Å². The van der Waals surface area contributed by atoms with Gasteiger partial charge in [-0.05, 0) is 25.1 Å². The topological polar surface area (TPSA) is 84.2 Å². The number of rotatable bonds is 4. The molecule has 0 aliphatic heterocycles. The third kappa shape index (κ3) is 3.34. The molecule has 0 spiro atoms. The molecule has 2 rings (SSSR count). The van der Waals surface area contributed by atoms with Crippen molar-refractivity contribution in [3.05, 3.63) is 46.2 Å². The monoisotopic (exact) mass is 327 g/mol. The number of anilines is 1. The molecule has 1 aromatic heterocycles. The highest BCUT2D eigenvalue weighted by Gasteiger charge is 2.19. The maximum Gasteiger partial charge on any atom is 0.356 e. The Kier molecular flexibility index (Phi) is 4.50. The molecular formula is C13H11Cl2N3O3. The van der Waals surface area contributed by atoms with Gasteiger partial charge in [0.05, 0.1) is 15.7 Å². The van der Waals surface area contributed by atoms with Crippen molar-refractivity contribution in [3.63, 3.8) is 0 Å². The van der Waals surface area contributed by atoms with Crippen molar-refractivity contribution >= 4 is 40.8 Å². The van der Waals surface area contributed by atoms with E-state index in [-0.39, 0.29) is 5.69 Å². The highest BCUT2D eigenvalue weighted by Crippen LogP contribution is 2.30. The number of carbonyl (C=O) groups excluding carboxylic acids is 1. The van der Waals surface area contributed by atoms with Crippen molar-refractivity contribution in [1.82, 2.24) is 9.78 Å². The Morgan fingerprint density at radius 2 is 1.90 bits per heavy atom. The van der Waals surface area contributed by atoms with Crippen molar-refractivity contribution < 1.29 is 14.7 Å². The van der Waals surface area contributed by atoms with Gasteiger partial charge in [0, 0.05) is 6.20 Å². The molecule has 0 bridgehead atoms. The van der Waals surface area contributed by atoms with Crippen LogP contribution in [0.5, 0.6) is 0 Å². The molecule has 6 nitrogen and oxygen atoms in total. The number of carboxylic acid groups (broad SMARTS) is 1.